The van der Waals surface area contributed by atoms with Crippen LogP contribution in [0.25, 0.3) is 6.08 Å². The molecule has 1 aromatic heterocycles. The fourth-order valence-corrected chi connectivity index (χ4v) is 8.04. The lowest BCUT2D eigenvalue weighted by Crippen LogP contribution is -2.56. The molecule has 3 unspecified atom stereocenters. The summed E-state index contributed by atoms with van der Waals surface area (Å²) in [6.45, 7) is 6.83. The number of urea groups is 1. The van der Waals surface area contributed by atoms with Gasteiger partial charge >= 0.3 is 6.03 Å². The number of hydrogen-bond donors (Lipinski definition) is 1. The first-order valence-corrected chi connectivity index (χ1v) is 13.5. The van der Waals surface area contributed by atoms with E-state index in [9.17, 15) is 4.79 Å². The van der Waals surface area contributed by atoms with E-state index in [2.05, 4.69) is 46.6 Å². The minimum atomic E-state index is -0.113. The zero-order chi connectivity index (χ0) is 22.7. The summed E-state index contributed by atoms with van der Waals surface area (Å²) >= 11 is 6.67. The van der Waals surface area contributed by atoms with Crippen LogP contribution in [0.1, 0.15) is 28.8 Å². The van der Waals surface area contributed by atoms with Crippen LogP contribution in [0, 0.1) is 0 Å². The Kier molecular flexibility index (Phi) is 5.29. The number of nitrogens with zero attached hydrogens (tertiary/aromatic N) is 4. The molecule has 9 heteroatoms. The average molecular weight is 487 g/mol. The molecule has 0 bridgehead atoms. The SMILES string of the molecule is CC1C=Cc2c1c1c([s+]2C)N2CNN(C(=O)N3CCOCC3)C2CN(c2ccccc2Cl)C1. The molecule has 4 heterocycles. The smallest absolute Gasteiger partial charge is 0.336 e. The highest BCUT2D eigenvalue weighted by atomic mass is 35.5. The Morgan fingerprint density at radius 3 is 2.82 bits per heavy atom. The van der Waals surface area contributed by atoms with Gasteiger partial charge in [0.25, 0.3) is 5.00 Å². The molecule has 0 saturated carbocycles. The van der Waals surface area contributed by atoms with Gasteiger partial charge in [-0.2, -0.15) is 0 Å². The molecule has 1 aromatic carbocycles. The molecule has 3 atom stereocenters. The van der Waals surface area contributed by atoms with Gasteiger partial charge in [0.15, 0.2) is 4.88 Å². The van der Waals surface area contributed by atoms with Gasteiger partial charge in [0.1, 0.15) is 12.4 Å². The second-order valence-corrected chi connectivity index (χ2v) is 11.3. The van der Waals surface area contributed by atoms with Crippen LogP contribution in [0.4, 0.5) is 15.5 Å². The molecule has 3 aliphatic heterocycles. The number of rotatable bonds is 1. The second kappa shape index (κ2) is 8.20. The molecule has 4 aliphatic rings. The zero-order valence-corrected chi connectivity index (χ0v) is 20.5. The van der Waals surface area contributed by atoms with Gasteiger partial charge in [0, 0.05) is 35.0 Å². The summed E-state index contributed by atoms with van der Waals surface area (Å²) in [5, 5.41) is 3.95. The van der Waals surface area contributed by atoms with E-state index >= 15 is 0 Å². The Balaban J connectivity index is 1.44. The van der Waals surface area contributed by atoms with Gasteiger partial charge in [-0.25, -0.2) is 15.2 Å². The first-order chi connectivity index (χ1) is 16.0. The van der Waals surface area contributed by atoms with Crippen LogP contribution in [0.15, 0.2) is 30.3 Å². The maximum atomic E-state index is 13.5. The molecule has 0 radical (unpaired) electrons. The number of hydrazine groups is 1. The van der Waals surface area contributed by atoms with Crippen LogP contribution < -0.4 is 15.2 Å². The van der Waals surface area contributed by atoms with Crippen molar-refractivity contribution in [2.45, 2.75) is 25.6 Å². The van der Waals surface area contributed by atoms with Gasteiger partial charge in [-0.15, -0.1) is 0 Å². The molecule has 7 nitrogen and oxygen atoms in total. The largest absolute Gasteiger partial charge is 0.378 e. The Hall–Kier alpha value is -2.26. The molecule has 1 N–H and O–H groups in total. The molecule has 0 spiro atoms. The number of halogens is 1. The van der Waals surface area contributed by atoms with Crippen molar-refractivity contribution in [3.05, 3.63) is 51.4 Å². The van der Waals surface area contributed by atoms with Crippen molar-refractivity contribution in [3.63, 3.8) is 0 Å². The fraction of sp³-hybridized carbons (Fsp3) is 0.458. The summed E-state index contributed by atoms with van der Waals surface area (Å²) in [4.78, 5) is 21.6. The maximum Gasteiger partial charge on any atom is 0.336 e. The summed E-state index contributed by atoms with van der Waals surface area (Å²) in [6.07, 6.45) is 6.84. The van der Waals surface area contributed by atoms with Crippen LogP contribution in [-0.2, 0) is 17.5 Å². The van der Waals surface area contributed by atoms with Gasteiger partial charge in [-0.1, -0.05) is 36.7 Å². The Labute approximate surface area is 202 Å². The Morgan fingerprint density at radius 2 is 2.03 bits per heavy atom. The topological polar surface area (TPSA) is 51.3 Å². The number of anilines is 2. The van der Waals surface area contributed by atoms with E-state index in [-0.39, 0.29) is 22.7 Å². The standard InChI is InChI=1S/C24H29ClN5O2S/c1-16-7-8-20-22(16)17-13-28(19-6-4-3-5-18(19)25)14-21-29(23(17)33(20)2)15-26-30(21)24(31)27-9-11-32-12-10-27/h3-8,16,21,26H,9-15H2,1-2H3/q+1. The van der Waals surface area contributed by atoms with E-state index in [1.54, 1.807) is 0 Å². The summed E-state index contributed by atoms with van der Waals surface area (Å²) in [6, 6.07) is 8.06. The fourth-order valence-electron chi connectivity index (χ4n) is 5.58. The number of nitrogens with one attached hydrogen (secondary N) is 1. The van der Waals surface area contributed by atoms with Crippen molar-refractivity contribution < 1.29 is 9.53 Å². The van der Waals surface area contributed by atoms with Crippen LogP contribution in [0.2, 0.25) is 5.02 Å². The third-order valence-electron chi connectivity index (χ3n) is 7.20. The third kappa shape index (κ3) is 3.34. The van der Waals surface area contributed by atoms with Gasteiger partial charge < -0.3 is 14.5 Å². The highest BCUT2D eigenvalue weighted by molar-refractivity contribution is 7.34. The first-order valence-electron chi connectivity index (χ1n) is 11.5. The molecule has 33 heavy (non-hydrogen) atoms. The van der Waals surface area contributed by atoms with Crippen molar-refractivity contribution in [1.29, 1.82) is 0 Å². The molecule has 6 rings (SSSR count). The van der Waals surface area contributed by atoms with Gasteiger partial charge in [0.2, 0.25) is 0 Å². The van der Waals surface area contributed by atoms with E-state index in [0.29, 0.717) is 45.4 Å². The van der Waals surface area contributed by atoms with Crippen molar-refractivity contribution in [2.75, 3.05) is 49.3 Å². The number of carbonyl (C=O) groups is 1. The summed E-state index contributed by atoms with van der Waals surface area (Å²) in [5.41, 5.74) is 7.30. The van der Waals surface area contributed by atoms with E-state index in [0.717, 1.165) is 17.3 Å². The molecular weight excluding hydrogens is 458 g/mol. The second-order valence-electron chi connectivity index (χ2n) is 9.07. The maximum absolute atomic E-state index is 13.5. The van der Waals surface area contributed by atoms with E-state index in [4.69, 9.17) is 16.3 Å². The normalized spacial score (nSPS) is 24.6. The number of fused-ring (bicyclic) bond motifs is 5. The lowest BCUT2D eigenvalue weighted by Gasteiger charge is -2.35. The summed E-state index contributed by atoms with van der Waals surface area (Å²) < 4.78 is 5.47. The number of benzene rings is 1. The van der Waals surface area contributed by atoms with Crippen LogP contribution in [-0.4, -0.2) is 61.6 Å². The van der Waals surface area contributed by atoms with Gasteiger partial charge in [-0.05, 0) is 18.2 Å². The monoisotopic (exact) mass is 486 g/mol. The molecule has 1 aliphatic carbocycles. The van der Waals surface area contributed by atoms with Crippen molar-refractivity contribution >= 4 is 44.9 Å². The van der Waals surface area contributed by atoms with Crippen LogP contribution in [0.5, 0.6) is 0 Å². The Bertz CT molecular complexity index is 1130. The predicted molar refractivity (Wildman–Crippen MR) is 134 cm³/mol. The quantitative estimate of drug-likeness (QED) is 0.614. The Morgan fingerprint density at radius 1 is 1.24 bits per heavy atom. The van der Waals surface area contributed by atoms with E-state index in [1.165, 1.54) is 21.0 Å². The van der Waals surface area contributed by atoms with E-state index < -0.39 is 0 Å². The highest BCUT2D eigenvalue weighted by Crippen LogP contribution is 2.53. The molecular formula is C24H29ClN5O2S+. The molecule has 2 saturated heterocycles. The predicted octanol–water partition coefficient (Wildman–Crippen LogP) is 4.14. The van der Waals surface area contributed by atoms with Gasteiger partial charge in [0.05, 0.1) is 49.2 Å². The molecule has 2 amide bonds. The highest BCUT2D eigenvalue weighted by Gasteiger charge is 2.48. The van der Waals surface area contributed by atoms with Crippen molar-refractivity contribution in [2.24, 2.45) is 6.26 Å². The number of amides is 2. The lowest BCUT2D eigenvalue weighted by molar-refractivity contribution is 0.0378. The number of morpholine rings is 1. The van der Waals surface area contributed by atoms with Crippen molar-refractivity contribution in [3.8, 4) is 0 Å². The minimum absolute atomic E-state index is 0.0196. The zero-order valence-electron chi connectivity index (χ0n) is 19.0. The molecule has 174 valence electrons. The average Bonchev–Trinajstić information content (AvgIpc) is 3.45. The third-order valence-corrected chi connectivity index (χ3v) is 9.60. The number of allylic oxidation sites excluding steroid dienone is 1. The summed E-state index contributed by atoms with van der Waals surface area (Å²) in [5.74, 6) is 0.411. The van der Waals surface area contributed by atoms with E-state index in [1.807, 2.05) is 28.1 Å². The number of ether oxygens (including phenoxy) is 1. The van der Waals surface area contributed by atoms with Gasteiger partial charge in [-0.3, -0.25) is 4.90 Å². The van der Waals surface area contributed by atoms with Crippen LogP contribution in [0.3, 0.4) is 0 Å². The first kappa shape index (κ1) is 21.3. The number of para-hydroxylation sites is 1. The molecule has 2 aromatic rings. The number of carbonyl (C=O) groups excluding carboxylic acids is 1. The number of hydrogen-bond acceptors (Lipinski definition) is 5. The van der Waals surface area contributed by atoms with Crippen molar-refractivity contribution in [1.82, 2.24) is 15.3 Å². The molecule has 2 fully saturated rings. The number of thiophene rings is 1. The van der Waals surface area contributed by atoms with Crippen LogP contribution >= 0.6 is 22.1 Å². The minimum Gasteiger partial charge on any atom is -0.378 e. The lowest BCUT2D eigenvalue weighted by atomic mass is 10.0. The summed E-state index contributed by atoms with van der Waals surface area (Å²) in [7, 11) is -0.0196.